The highest BCUT2D eigenvalue weighted by Gasteiger charge is 2.36. The zero-order valence-corrected chi connectivity index (χ0v) is 12.0. The third-order valence-electron chi connectivity index (χ3n) is 3.84. The van der Waals surface area contributed by atoms with Gasteiger partial charge in [-0.3, -0.25) is 4.90 Å². The molecular weight excluding hydrogens is 314 g/mol. The van der Waals surface area contributed by atoms with Gasteiger partial charge < -0.3 is 18.7 Å². The Balaban J connectivity index is 1.89. The molecule has 2 aliphatic rings. The molecule has 3 heterocycles. The number of ether oxygens (including phenoxy) is 3. The summed E-state index contributed by atoms with van der Waals surface area (Å²) in [5.74, 6) is -2.24. The molecular formula is C14H12F2N2O5. The number of rotatable bonds is 2. The number of hydrogen-bond acceptors (Lipinski definition) is 6. The maximum Gasteiger partial charge on any atom is 0.416 e. The largest absolute Gasteiger partial charge is 0.447 e. The SMILES string of the molecule is CC1COC(=O)N1c1noc2c(F)c(F)c(C3OCCO3)cc12. The molecule has 0 spiro atoms. The lowest BCUT2D eigenvalue weighted by Crippen LogP contribution is -2.31. The van der Waals surface area contributed by atoms with Crippen LogP contribution in [0.4, 0.5) is 19.4 Å². The van der Waals surface area contributed by atoms with Crippen LogP contribution in [0.5, 0.6) is 0 Å². The van der Waals surface area contributed by atoms with Crippen LogP contribution in [0.15, 0.2) is 10.6 Å². The van der Waals surface area contributed by atoms with Crippen LogP contribution in [-0.2, 0) is 14.2 Å². The molecule has 2 aromatic rings. The molecule has 1 unspecified atom stereocenters. The van der Waals surface area contributed by atoms with E-state index in [1.54, 1.807) is 6.92 Å². The molecule has 1 amide bonds. The number of amides is 1. The lowest BCUT2D eigenvalue weighted by Gasteiger charge is -2.15. The summed E-state index contributed by atoms with van der Waals surface area (Å²) in [4.78, 5) is 13.1. The quantitative estimate of drug-likeness (QED) is 0.844. The molecule has 0 bridgehead atoms. The van der Waals surface area contributed by atoms with Crippen molar-refractivity contribution in [2.75, 3.05) is 24.7 Å². The van der Waals surface area contributed by atoms with Gasteiger partial charge in [0.05, 0.1) is 24.6 Å². The number of hydrogen-bond donors (Lipinski definition) is 0. The highest BCUT2D eigenvalue weighted by Crippen LogP contribution is 2.37. The van der Waals surface area contributed by atoms with Gasteiger partial charge in [0.2, 0.25) is 11.4 Å². The van der Waals surface area contributed by atoms with Crippen LogP contribution in [0.2, 0.25) is 0 Å². The van der Waals surface area contributed by atoms with Gasteiger partial charge in [0.1, 0.15) is 6.61 Å². The van der Waals surface area contributed by atoms with Gasteiger partial charge in [-0.2, -0.15) is 4.39 Å². The fourth-order valence-electron chi connectivity index (χ4n) is 2.72. The summed E-state index contributed by atoms with van der Waals surface area (Å²) in [6, 6.07) is 1.03. The average molecular weight is 326 g/mol. The van der Waals surface area contributed by atoms with E-state index in [9.17, 15) is 13.6 Å². The maximum atomic E-state index is 14.3. The molecule has 1 atom stereocenters. The zero-order chi connectivity index (χ0) is 16.1. The van der Waals surface area contributed by atoms with E-state index in [4.69, 9.17) is 18.7 Å². The Hall–Kier alpha value is -2.26. The maximum absolute atomic E-state index is 14.3. The van der Waals surface area contributed by atoms with Crippen LogP contribution in [0.1, 0.15) is 18.8 Å². The van der Waals surface area contributed by atoms with Crippen molar-refractivity contribution < 1.29 is 32.3 Å². The Kier molecular flexibility index (Phi) is 3.20. The van der Waals surface area contributed by atoms with E-state index >= 15 is 0 Å². The summed E-state index contributed by atoms with van der Waals surface area (Å²) < 4.78 is 48.7. The molecule has 0 N–H and O–H groups in total. The Morgan fingerprint density at radius 3 is 2.65 bits per heavy atom. The second kappa shape index (κ2) is 5.14. The summed E-state index contributed by atoms with van der Waals surface area (Å²) in [5, 5.41) is 3.87. The van der Waals surface area contributed by atoms with Gasteiger partial charge in [-0.1, -0.05) is 5.16 Å². The van der Waals surface area contributed by atoms with Crippen molar-refractivity contribution in [3.05, 3.63) is 23.3 Å². The van der Waals surface area contributed by atoms with Crippen LogP contribution in [0.3, 0.4) is 0 Å². The van der Waals surface area contributed by atoms with E-state index in [-0.39, 0.29) is 48.2 Å². The predicted molar refractivity (Wildman–Crippen MR) is 71.9 cm³/mol. The number of carbonyl (C=O) groups excluding carboxylic acids is 1. The van der Waals surface area contributed by atoms with Crippen LogP contribution in [-0.4, -0.2) is 37.1 Å². The Morgan fingerprint density at radius 2 is 2.00 bits per heavy atom. The zero-order valence-electron chi connectivity index (χ0n) is 12.0. The van der Waals surface area contributed by atoms with Gasteiger partial charge in [-0.05, 0) is 13.0 Å². The predicted octanol–water partition coefficient (Wildman–Crippen LogP) is 2.50. The van der Waals surface area contributed by atoms with Gasteiger partial charge in [-0.25, -0.2) is 9.18 Å². The molecule has 1 aromatic carbocycles. The normalized spacial score (nSPS) is 22.3. The van der Waals surface area contributed by atoms with Crippen LogP contribution >= 0.6 is 0 Å². The molecule has 1 aromatic heterocycles. The molecule has 2 aliphatic heterocycles. The van der Waals surface area contributed by atoms with Gasteiger partial charge in [-0.15, -0.1) is 0 Å². The second-order valence-electron chi connectivity index (χ2n) is 5.35. The fourth-order valence-corrected chi connectivity index (χ4v) is 2.72. The van der Waals surface area contributed by atoms with Crippen molar-refractivity contribution in [1.82, 2.24) is 5.16 Å². The third-order valence-corrected chi connectivity index (χ3v) is 3.84. The van der Waals surface area contributed by atoms with Crippen molar-refractivity contribution in [2.45, 2.75) is 19.3 Å². The van der Waals surface area contributed by atoms with E-state index in [2.05, 4.69) is 5.16 Å². The molecule has 0 radical (unpaired) electrons. The molecule has 9 heteroatoms. The lowest BCUT2D eigenvalue weighted by molar-refractivity contribution is -0.0467. The second-order valence-corrected chi connectivity index (χ2v) is 5.35. The number of fused-ring (bicyclic) bond motifs is 1. The minimum absolute atomic E-state index is 0.0770. The number of anilines is 1. The van der Waals surface area contributed by atoms with Crippen molar-refractivity contribution >= 4 is 22.9 Å². The minimum Gasteiger partial charge on any atom is -0.447 e. The molecule has 122 valence electrons. The first-order chi connectivity index (χ1) is 11.1. The van der Waals surface area contributed by atoms with E-state index in [1.165, 1.54) is 11.0 Å². The summed E-state index contributed by atoms with van der Waals surface area (Å²) in [6.07, 6.45) is -1.62. The number of cyclic esters (lactones) is 1. The van der Waals surface area contributed by atoms with Crippen molar-refractivity contribution in [1.29, 1.82) is 0 Å². The Morgan fingerprint density at radius 1 is 1.26 bits per heavy atom. The van der Waals surface area contributed by atoms with Gasteiger partial charge in [0.25, 0.3) is 0 Å². The molecule has 0 aliphatic carbocycles. The van der Waals surface area contributed by atoms with Gasteiger partial charge in [0, 0.05) is 5.56 Å². The van der Waals surface area contributed by atoms with Crippen LogP contribution in [0, 0.1) is 11.6 Å². The first-order valence-corrected chi connectivity index (χ1v) is 7.04. The van der Waals surface area contributed by atoms with Crippen molar-refractivity contribution in [2.24, 2.45) is 0 Å². The smallest absolute Gasteiger partial charge is 0.416 e. The lowest BCUT2D eigenvalue weighted by atomic mass is 10.1. The number of benzene rings is 1. The molecule has 2 fully saturated rings. The van der Waals surface area contributed by atoms with Gasteiger partial charge >= 0.3 is 6.09 Å². The highest BCUT2D eigenvalue weighted by atomic mass is 19.2. The Labute approximate surface area is 128 Å². The minimum atomic E-state index is -1.20. The van der Waals surface area contributed by atoms with E-state index in [0.29, 0.717) is 0 Å². The third kappa shape index (κ3) is 2.07. The number of carbonyl (C=O) groups is 1. The standard InChI is InChI=1S/C14H12F2N2O5/c1-6-5-22-14(19)18(6)12-8-4-7(13-20-2-3-21-13)9(15)10(16)11(8)23-17-12/h4,6,13H,2-3,5H2,1H3. The number of aromatic nitrogens is 1. The topological polar surface area (TPSA) is 74.0 Å². The van der Waals surface area contributed by atoms with Crippen LogP contribution in [0.25, 0.3) is 11.0 Å². The van der Waals surface area contributed by atoms with E-state index < -0.39 is 24.0 Å². The summed E-state index contributed by atoms with van der Waals surface area (Å²) >= 11 is 0. The number of halogens is 2. The summed E-state index contributed by atoms with van der Waals surface area (Å²) in [6.45, 7) is 2.50. The molecule has 7 nitrogen and oxygen atoms in total. The summed E-state index contributed by atoms with van der Waals surface area (Å²) in [5.41, 5.74) is -0.469. The first kappa shape index (κ1) is 14.3. The monoisotopic (exact) mass is 326 g/mol. The number of nitrogens with zero attached hydrogens (tertiary/aromatic N) is 2. The summed E-state index contributed by atoms with van der Waals surface area (Å²) in [7, 11) is 0. The highest BCUT2D eigenvalue weighted by molar-refractivity contribution is 5.99. The van der Waals surface area contributed by atoms with E-state index in [0.717, 1.165) is 0 Å². The molecule has 0 saturated carbocycles. The Bertz CT molecular complexity index is 787. The fraction of sp³-hybridized carbons (Fsp3) is 0.429. The van der Waals surface area contributed by atoms with Crippen LogP contribution < -0.4 is 4.90 Å². The molecule has 4 rings (SSSR count). The van der Waals surface area contributed by atoms with E-state index in [1.807, 2.05) is 0 Å². The average Bonchev–Trinajstić information content (AvgIpc) is 3.24. The van der Waals surface area contributed by atoms with Crippen molar-refractivity contribution in [3.63, 3.8) is 0 Å². The first-order valence-electron chi connectivity index (χ1n) is 7.04. The van der Waals surface area contributed by atoms with Gasteiger partial charge in [0.15, 0.2) is 17.9 Å². The molecule has 2 saturated heterocycles. The van der Waals surface area contributed by atoms with Crippen molar-refractivity contribution in [3.8, 4) is 0 Å². The molecule has 23 heavy (non-hydrogen) atoms.